The van der Waals surface area contributed by atoms with E-state index in [-0.39, 0.29) is 28.9 Å². The van der Waals surface area contributed by atoms with Gasteiger partial charge in [0.2, 0.25) is 5.88 Å². The Morgan fingerprint density at radius 3 is 2.63 bits per heavy atom. The highest BCUT2D eigenvalue weighted by atomic mass is 32.1. The van der Waals surface area contributed by atoms with Crippen LogP contribution in [0.5, 0.6) is 11.6 Å². The minimum atomic E-state index is -4.49. The maximum Gasteiger partial charge on any atom is 0.416 e. The molecule has 10 heteroatoms. The van der Waals surface area contributed by atoms with Crippen LogP contribution in [-0.2, 0) is 15.8 Å². The molecule has 2 amide bonds. The van der Waals surface area contributed by atoms with Gasteiger partial charge in [-0.2, -0.15) is 13.2 Å². The summed E-state index contributed by atoms with van der Waals surface area (Å²) >= 11 is 4.97. The summed E-state index contributed by atoms with van der Waals surface area (Å²) in [6, 6.07) is 7.31. The van der Waals surface area contributed by atoms with Crippen molar-refractivity contribution in [1.29, 1.82) is 0 Å². The summed E-state index contributed by atoms with van der Waals surface area (Å²) in [6.07, 6.45) is -0.365. The Morgan fingerprint density at radius 2 is 2.00 bits per heavy atom. The molecule has 2 aromatic rings. The van der Waals surface area contributed by atoms with E-state index in [1.165, 1.54) is 47.5 Å². The first-order chi connectivity index (χ1) is 14.2. The number of aromatic nitrogens is 1. The van der Waals surface area contributed by atoms with Crippen molar-refractivity contribution in [2.75, 3.05) is 6.54 Å². The first-order valence-corrected chi connectivity index (χ1v) is 8.91. The first kappa shape index (κ1) is 21.2. The predicted octanol–water partition coefficient (Wildman–Crippen LogP) is 3.71. The van der Waals surface area contributed by atoms with Crippen LogP contribution in [0.15, 0.2) is 60.8 Å². The molecule has 0 atom stereocenters. The van der Waals surface area contributed by atoms with E-state index in [1.807, 2.05) is 0 Å². The Kier molecular flexibility index (Phi) is 5.97. The largest absolute Gasteiger partial charge is 0.439 e. The molecular weight excluding hydrogens is 419 g/mol. The summed E-state index contributed by atoms with van der Waals surface area (Å²) in [7, 11) is 0. The van der Waals surface area contributed by atoms with Gasteiger partial charge in [0, 0.05) is 18.8 Å². The molecule has 1 aromatic carbocycles. The molecule has 0 radical (unpaired) electrons. The fourth-order valence-corrected chi connectivity index (χ4v) is 2.80. The van der Waals surface area contributed by atoms with E-state index in [2.05, 4.69) is 16.9 Å². The molecule has 2 heterocycles. The summed E-state index contributed by atoms with van der Waals surface area (Å²) in [5, 5.41) is 2.41. The second-order valence-electron chi connectivity index (χ2n) is 6.08. The predicted molar refractivity (Wildman–Crippen MR) is 106 cm³/mol. The molecule has 1 N–H and O–H groups in total. The van der Waals surface area contributed by atoms with E-state index in [0.29, 0.717) is 5.56 Å². The number of nitrogens with one attached hydrogen (secondary N) is 1. The number of carbonyl (C=O) groups is 2. The van der Waals surface area contributed by atoms with Crippen LogP contribution in [0, 0.1) is 0 Å². The maximum absolute atomic E-state index is 12.8. The summed E-state index contributed by atoms with van der Waals surface area (Å²) in [4.78, 5) is 29.8. The lowest BCUT2D eigenvalue weighted by atomic mass is 10.1. The third-order valence-corrected chi connectivity index (χ3v) is 4.27. The molecule has 0 spiro atoms. The highest BCUT2D eigenvalue weighted by Gasteiger charge is 2.32. The second kappa shape index (κ2) is 8.46. The molecule has 1 fully saturated rings. The second-order valence-corrected chi connectivity index (χ2v) is 6.47. The number of hydrogen-bond donors (Lipinski definition) is 1. The Bertz CT molecular complexity index is 1050. The molecule has 3 rings (SSSR count). The summed E-state index contributed by atoms with van der Waals surface area (Å²) in [5.41, 5.74) is -0.569. The molecule has 1 aromatic heterocycles. The number of halogens is 3. The number of ether oxygens (including phenoxy) is 1. The quantitative estimate of drug-likeness (QED) is 0.337. The van der Waals surface area contributed by atoms with E-state index in [9.17, 15) is 22.8 Å². The number of rotatable bonds is 5. The Morgan fingerprint density at radius 1 is 1.23 bits per heavy atom. The number of pyridine rings is 1. The number of thiocarbonyl (C=S) groups is 1. The van der Waals surface area contributed by atoms with Crippen molar-refractivity contribution in [1.82, 2.24) is 15.2 Å². The van der Waals surface area contributed by atoms with Crippen LogP contribution >= 0.6 is 12.2 Å². The van der Waals surface area contributed by atoms with Gasteiger partial charge in [-0.05, 0) is 48.1 Å². The molecule has 30 heavy (non-hydrogen) atoms. The standard InChI is InChI=1S/C20H14F3N3O3S/c1-2-8-26-18(28)15(17(27)25-19(26)30)9-12-6-7-16(24-11-12)29-14-5-3-4-13(10-14)20(21,22)23/h2-7,9-11H,1,8H2,(H,25,27,30). The SMILES string of the molecule is C=CCN1C(=O)C(=Cc2ccc(Oc3cccc(C(F)(F)F)c3)nc2)C(=O)NC1=S. The van der Waals surface area contributed by atoms with Gasteiger partial charge in [-0.15, -0.1) is 6.58 Å². The van der Waals surface area contributed by atoms with Crippen LogP contribution in [0.1, 0.15) is 11.1 Å². The van der Waals surface area contributed by atoms with Gasteiger partial charge in [0.15, 0.2) is 5.11 Å². The van der Waals surface area contributed by atoms with Crippen molar-refractivity contribution in [3.05, 3.63) is 72.0 Å². The van der Waals surface area contributed by atoms with Crippen LogP contribution in [0.3, 0.4) is 0 Å². The maximum atomic E-state index is 12.8. The van der Waals surface area contributed by atoms with E-state index in [0.717, 1.165) is 12.1 Å². The van der Waals surface area contributed by atoms with Crippen molar-refractivity contribution in [2.24, 2.45) is 0 Å². The van der Waals surface area contributed by atoms with Crippen LogP contribution < -0.4 is 10.1 Å². The van der Waals surface area contributed by atoms with Crippen molar-refractivity contribution in [3.63, 3.8) is 0 Å². The van der Waals surface area contributed by atoms with Gasteiger partial charge in [0.1, 0.15) is 11.3 Å². The fraction of sp³-hybridized carbons (Fsp3) is 0.100. The van der Waals surface area contributed by atoms with Crippen LogP contribution in [0.25, 0.3) is 6.08 Å². The van der Waals surface area contributed by atoms with Gasteiger partial charge in [0.05, 0.1) is 5.56 Å². The smallest absolute Gasteiger partial charge is 0.416 e. The number of amides is 2. The van der Waals surface area contributed by atoms with Gasteiger partial charge in [-0.1, -0.05) is 12.1 Å². The summed E-state index contributed by atoms with van der Waals surface area (Å²) < 4.78 is 43.7. The van der Waals surface area contributed by atoms with Crippen molar-refractivity contribution >= 4 is 35.2 Å². The molecule has 1 aliphatic heterocycles. The zero-order valence-electron chi connectivity index (χ0n) is 15.3. The Balaban J connectivity index is 1.79. The van der Waals surface area contributed by atoms with Gasteiger partial charge in [0.25, 0.3) is 11.8 Å². The van der Waals surface area contributed by atoms with Crippen molar-refractivity contribution < 1.29 is 27.5 Å². The lowest BCUT2D eigenvalue weighted by Gasteiger charge is -2.27. The van der Waals surface area contributed by atoms with Crippen molar-refractivity contribution in [3.8, 4) is 11.6 Å². The number of alkyl halides is 3. The molecule has 1 aliphatic rings. The Hall–Kier alpha value is -3.53. The first-order valence-electron chi connectivity index (χ1n) is 8.50. The zero-order valence-corrected chi connectivity index (χ0v) is 16.1. The minimum Gasteiger partial charge on any atom is -0.439 e. The zero-order chi connectivity index (χ0) is 21.9. The molecule has 0 unspecified atom stereocenters. The van der Waals surface area contributed by atoms with Crippen molar-refractivity contribution in [2.45, 2.75) is 6.18 Å². The number of carbonyl (C=O) groups excluding carboxylic acids is 2. The van der Waals surface area contributed by atoms with Crippen LogP contribution in [0.2, 0.25) is 0 Å². The van der Waals surface area contributed by atoms with Crippen LogP contribution in [-0.4, -0.2) is 33.4 Å². The molecule has 0 saturated carbocycles. The monoisotopic (exact) mass is 433 g/mol. The van der Waals surface area contributed by atoms with Gasteiger partial charge >= 0.3 is 6.18 Å². The number of hydrogen-bond acceptors (Lipinski definition) is 5. The average molecular weight is 433 g/mol. The Labute approximate surface area is 174 Å². The average Bonchev–Trinajstić information content (AvgIpc) is 2.69. The van der Waals surface area contributed by atoms with E-state index in [4.69, 9.17) is 17.0 Å². The molecule has 0 bridgehead atoms. The fourth-order valence-electron chi connectivity index (χ4n) is 2.55. The third-order valence-electron chi connectivity index (χ3n) is 3.95. The van der Waals surface area contributed by atoms with Gasteiger partial charge in [-0.3, -0.25) is 19.8 Å². The lowest BCUT2D eigenvalue weighted by Crippen LogP contribution is -2.53. The molecule has 1 saturated heterocycles. The minimum absolute atomic E-state index is 0.00925. The van der Waals surface area contributed by atoms with E-state index >= 15 is 0 Å². The summed E-state index contributed by atoms with van der Waals surface area (Å²) in [5.74, 6) is -1.20. The molecule has 0 aliphatic carbocycles. The highest BCUT2D eigenvalue weighted by Crippen LogP contribution is 2.32. The highest BCUT2D eigenvalue weighted by molar-refractivity contribution is 7.80. The number of nitrogens with zero attached hydrogens (tertiary/aromatic N) is 2. The van der Waals surface area contributed by atoms with Gasteiger partial charge < -0.3 is 4.74 Å². The van der Waals surface area contributed by atoms with Gasteiger partial charge in [-0.25, -0.2) is 4.98 Å². The number of benzene rings is 1. The molecular formula is C20H14F3N3O3S. The van der Waals surface area contributed by atoms with E-state index in [1.54, 1.807) is 0 Å². The van der Waals surface area contributed by atoms with Crippen LogP contribution in [0.4, 0.5) is 13.2 Å². The topological polar surface area (TPSA) is 71.5 Å². The summed E-state index contributed by atoms with van der Waals surface area (Å²) in [6.45, 7) is 3.68. The third kappa shape index (κ3) is 4.71. The molecule has 6 nitrogen and oxygen atoms in total. The normalized spacial score (nSPS) is 15.9. The molecule has 154 valence electrons. The van der Waals surface area contributed by atoms with E-state index < -0.39 is 23.6 Å². The lowest BCUT2D eigenvalue weighted by molar-refractivity contribution is -0.137.